The number of rotatable bonds is 2. The fourth-order valence-electron chi connectivity index (χ4n) is 2.68. The number of aromatic nitrogens is 3. The van der Waals surface area contributed by atoms with E-state index in [4.69, 9.17) is 28.9 Å². The Labute approximate surface area is 127 Å². The van der Waals surface area contributed by atoms with Crippen molar-refractivity contribution in [2.75, 3.05) is 5.73 Å². The van der Waals surface area contributed by atoms with Crippen LogP contribution in [0.2, 0.25) is 10.0 Å². The van der Waals surface area contributed by atoms with Crippen LogP contribution >= 0.6 is 23.2 Å². The molecular weight excluding hydrogens is 295 g/mol. The highest BCUT2D eigenvalue weighted by molar-refractivity contribution is 6.39. The Morgan fingerprint density at radius 1 is 1.10 bits per heavy atom. The standard InChI is InChI=1S/C14H16Cl2N4/c15-10-6-9(7-11(16)12(10)17)14-18-13(19-20-14)8-4-2-1-3-5-8/h6-8H,1-5,17H2,(H,18,19,20). The average Bonchev–Trinajstić information content (AvgIpc) is 2.95. The Bertz CT molecular complexity index is 594. The first-order valence-electron chi connectivity index (χ1n) is 6.82. The molecule has 0 radical (unpaired) electrons. The van der Waals surface area contributed by atoms with Crippen molar-refractivity contribution in [1.82, 2.24) is 15.2 Å². The maximum atomic E-state index is 6.05. The highest BCUT2D eigenvalue weighted by atomic mass is 35.5. The molecule has 0 spiro atoms. The number of aromatic amines is 1. The van der Waals surface area contributed by atoms with Gasteiger partial charge in [0.05, 0.1) is 15.7 Å². The number of anilines is 1. The van der Waals surface area contributed by atoms with Gasteiger partial charge in [-0.3, -0.25) is 5.10 Å². The zero-order valence-electron chi connectivity index (χ0n) is 11.0. The van der Waals surface area contributed by atoms with Crippen molar-refractivity contribution in [1.29, 1.82) is 0 Å². The lowest BCUT2D eigenvalue weighted by atomic mass is 9.89. The van der Waals surface area contributed by atoms with Gasteiger partial charge in [-0.2, -0.15) is 5.10 Å². The Morgan fingerprint density at radius 3 is 2.40 bits per heavy atom. The molecule has 0 unspecified atom stereocenters. The van der Waals surface area contributed by atoms with Crippen LogP contribution in [-0.2, 0) is 0 Å². The molecule has 106 valence electrons. The molecule has 0 saturated heterocycles. The lowest BCUT2D eigenvalue weighted by Crippen LogP contribution is -2.06. The number of benzene rings is 1. The van der Waals surface area contributed by atoms with E-state index >= 15 is 0 Å². The van der Waals surface area contributed by atoms with Gasteiger partial charge in [0.2, 0.25) is 0 Å². The zero-order chi connectivity index (χ0) is 14.1. The number of halogens is 2. The van der Waals surface area contributed by atoms with Crippen LogP contribution in [0.15, 0.2) is 12.1 Å². The fourth-order valence-corrected chi connectivity index (χ4v) is 3.16. The van der Waals surface area contributed by atoms with Gasteiger partial charge in [-0.15, -0.1) is 0 Å². The highest BCUT2D eigenvalue weighted by Gasteiger charge is 2.20. The monoisotopic (exact) mass is 310 g/mol. The summed E-state index contributed by atoms with van der Waals surface area (Å²) in [7, 11) is 0. The van der Waals surface area contributed by atoms with Crippen LogP contribution in [0.5, 0.6) is 0 Å². The van der Waals surface area contributed by atoms with Gasteiger partial charge in [0.1, 0.15) is 5.82 Å². The summed E-state index contributed by atoms with van der Waals surface area (Å²) in [6.45, 7) is 0. The molecule has 0 amide bonds. The predicted molar refractivity (Wildman–Crippen MR) is 82.1 cm³/mol. The number of H-pyrrole nitrogens is 1. The summed E-state index contributed by atoms with van der Waals surface area (Å²) in [5.41, 5.74) is 6.91. The van der Waals surface area contributed by atoms with Crippen molar-refractivity contribution < 1.29 is 0 Å². The van der Waals surface area contributed by atoms with E-state index in [1.54, 1.807) is 12.1 Å². The van der Waals surface area contributed by atoms with Gasteiger partial charge in [-0.1, -0.05) is 42.5 Å². The molecule has 4 nitrogen and oxygen atoms in total. The first-order chi connectivity index (χ1) is 9.65. The Balaban J connectivity index is 1.89. The zero-order valence-corrected chi connectivity index (χ0v) is 12.5. The molecule has 1 heterocycles. The van der Waals surface area contributed by atoms with Crippen molar-refractivity contribution in [3.05, 3.63) is 28.0 Å². The first kappa shape index (κ1) is 13.7. The smallest absolute Gasteiger partial charge is 0.181 e. The maximum absolute atomic E-state index is 6.05. The van der Waals surface area contributed by atoms with E-state index in [2.05, 4.69) is 15.2 Å². The van der Waals surface area contributed by atoms with E-state index in [9.17, 15) is 0 Å². The average molecular weight is 311 g/mol. The van der Waals surface area contributed by atoms with Crippen LogP contribution in [0.1, 0.15) is 43.8 Å². The van der Waals surface area contributed by atoms with Gasteiger partial charge in [0.25, 0.3) is 0 Å². The second-order valence-electron chi connectivity index (χ2n) is 5.23. The van der Waals surface area contributed by atoms with Crippen molar-refractivity contribution >= 4 is 28.9 Å². The molecule has 0 atom stereocenters. The van der Waals surface area contributed by atoms with Crippen LogP contribution in [-0.4, -0.2) is 15.2 Å². The minimum absolute atomic E-state index is 0.389. The summed E-state index contributed by atoms with van der Waals surface area (Å²) in [5.74, 6) is 2.07. The molecule has 2 aromatic rings. The molecule has 1 fully saturated rings. The summed E-state index contributed by atoms with van der Waals surface area (Å²) in [4.78, 5) is 4.59. The largest absolute Gasteiger partial charge is 0.396 e. The molecule has 20 heavy (non-hydrogen) atoms. The van der Waals surface area contributed by atoms with Crippen LogP contribution in [0.25, 0.3) is 11.4 Å². The molecule has 6 heteroatoms. The number of nitrogens with two attached hydrogens (primary N) is 1. The number of hydrogen-bond acceptors (Lipinski definition) is 3. The van der Waals surface area contributed by atoms with Gasteiger partial charge >= 0.3 is 0 Å². The summed E-state index contributed by atoms with van der Waals surface area (Å²) in [6, 6.07) is 3.49. The third-order valence-electron chi connectivity index (χ3n) is 3.83. The second-order valence-corrected chi connectivity index (χ2v) is 6.05. The number of hydrogen-bond donors (Lipinski definition) is 2. The van der Waals surface area contributed by atoms with Crippen LogP contribution < -0.4 is 5.73 Å². The van der Waals surface area contributed by atoms with Gasteiger partial charge in [-0.05, 0) is 25.0 Å². The second kappa shape index (κ2) is 5.62. The van der Waals surface area contributed by atoms with E-state index in [0.717, 1.165) is 11.4 Å². The van der Waals surface area contributed by atoms with Crippen LogP contribution in [0.4, 0.5) is 5.69 Å². The molecular formula is C14H16Cl2N4. The van der Waals surface area contributed by atoms with Crippen molar-refractivity contribution in [3.8, 4) is 11.4 Å². The summed E-state index contributed by atoms with van der Waals surface area (Å²) in [6.07, 6.45) is 6.21. The van der Waals surface area contributed by atoms with Gasteiger partial charge in [0.15, 0.2) is 5.82 Å². The van der Waals surface area contributed by atoms with Crippen molar-refractivity contribution in [2.24, 2.45) is 0 Å². The molecule has 1 aliphatic carbocycles. The molecule has 3 rings (SSSR count). The highest BCUT2D eigenvalue weighted by Crippen LogP contribution is 2.34. The van der Waals surface area contributed by atoms with Gasteiger partial charge < -0.3 is 5.73 Å². The van der Waals surface area contributed by atoms with E-state index in [0.29, 0.717) is 27.5 Å². The Hall–Kier alpha value is -1.26. The van der Waals surface area contributed by atoms with E-state index in [1.165, 1.54) is 32.1 Å². The number of nitrogens with zero attached hydrogens (tertiary/aromatic N) is 2. The van der Waals surface area contributed by atoms with Crippen molar-refractivity contribution in [2.45, 2.75) is 38.0 Å². The Morgan fingerprint density at radius 2 is 1.75 bits per heavy atom. The molecule has 1 aromatic heterocycles. The quantitative estimate of drug-likeness (QED) is 0.807. The maximum Gasteiger partial charge on any atom is 0.181 e. The minimum atomic E-state index is 0.389. The first-order valence-corrected chi connectivity index (χ1v) is 7.58. The third-order valence-corrected chi connectivity index (χ3v) is 4.46. The molecule has 0 bridgehead atoms. The van der Waals surface area contributed by atoms with Gasteiger partial charge in [-0.25, -0.2) is 4.98 Å². The number of nitrogen functional groups attached to an aromatic ring is 1. The Kier molecular flexibility index (Phi) is 3.85. The molecule has 0 aliphatic heterocycles. The number of nitrogens with one attached hydrogen (secondary N) is 1. The van der Waals surface area contributed by atoms with Crippen LogP contribution in [0, 0.1) is 0 Å². The summed E-state index contributed by atoms with van der Waals surface area (Å²) >= 11 is 12.1. The van der Waals surface area contributed by atoms with Crippen molar-refractivity contribution in [3.63, 3.8) is 0 Å². The van der Waals surface area contributed by atoms with E-state index in [1.807, 2.05) is 0 Å². The normalized spacial score (nSPS) is 16.5. The van der Waals surface area contributed by atoms with Crippen LogP contribution in [0.3, 0.4) is 0 Å². The minimum Gasteiger partial charge on any atom is -0.396 e. The SMILES string of the molecule is Nc1c(Cl)cc(-c2n[nH]c(C3CCCCC3)n2)cc1Cl. The molecule has 1 aromatic carbocycles. The molecule has 1 aliphatic rings. The third kappa shape index (κ3) is 2.63. The lowest BCUT2D eigenvalue weighted by molar-refractivity contribution is 0.429. The van der Waals surface area contributed by atoms with Gasteiger partial charge in [0, 0.05) is 11.5 Å². The van der Waals surface area contributed by atoms with E-state index in [-0.39, 0.29) is 0 Å². The molecule has 3 N–H and O–H groups in total. The fraction of sp³-hybridized carbons (Fsp3) is 0.429. The topological polar surface area (TPSA) is 67.6 Å². The van der Waals surface area contributed by atoms with E-state index < -0.39 is 0 Å². The molecule has 1 saturated carbocycles. The lowest BCUT2D eigenvalue weighted by Gasteiger charge is -2.18. The predicted octanol–water partition coefficient (Wildman–Crippen LogP) is 4.41. The summed E-state index contributed by atoms with van der Waals surface area (Å²) in [5, 5.41) is 8.18. The summed E-state index contributed by atoms with van der Waals surface area (Å²) < 4.78 is 0.